The molecule has 1 amide bonds. The molecule has 2 N–H and O–H groups in total. The van der Waals surface area contributed by atoms with Crippen LogP contribution in [0.5, 0.6) is 0 Å². The minimum atomic E-state index is -0.212. The van der Waals surface area contributed by atoms with Crippen molar-refractivity contribution in [1.82, 2.24) is 15.3 Å². The topological polar surface area (TPSA) is 57.8 Å². The number of nitrogens with zero attached hydrogens (tertiary/aromatic N) is 1. The summed E-state index contributed by atoms with van der Waals surface area (Å²) in [6.07, 6.45) is 0. The predicted octanol–water partition coefficient (Wildman–Crippen LogP) is 6.27. The van der Waals surface area contributed by atoms with Crippen LogP contribution in [0.4, 0.5) is 0 Å². The van der Waals surface area contributed by atoms with E-state index in [1.165, 1.54) is 5.56 Å². The summed E-state index contributed by atoms with van der Waals surface area (Å²) in [6.45, 7) is 2.49. The molecule has 0 aliphatic rings. The van der Waals surface area contributed by atoms with E-state index in [4.69, 9.17) is 16.6 Å². The van der Waals surface area contributed by atoms with Crippen molar-refractivity contribution in [2.45, 2.75) is 13.5 Å². The van der Waals surface area contributed by atoms with Crippen LogP contribution in [-0.2, 0) is 6.54 Å². The van der Waals surface area contributed by atoms with Gasteiger partial charge in [-0.05, 0) is 36.8 Å². The number of pyridine rings is 1. The van der Waals surface area contributed by atoms with Crippen molar-refractivity contribution in [3.63, 3.8) is 0 Å². The molecular weight excluding hydrogens is 406 g/mol. The van der Waals surface area contributed by atoms with Gasteiger partial charge in [0.2, 0.25) is 0 Å². The molecule has 0 fully saturated rings. The van der Waals surface area contributed by atoms with Gasteiger partial charge in [-0.25, -0.2) is 4.98 Å². The van der Waals surface area contributed by atoms with Crippen molar-refractivity contribution >= 4 is 39.3 Å². The summed E-state index contributed by atoms with van der Waals surface area (Å²) in [5.41, 5.74) is 6.06. The van der Waals surface area contributed by atoms with Crippen molar-refractivity contribution < 1.29 is 4.79 Å². The second-order valence-electron chi connectivity index (χ2n) is 7.63. The highest BCUT2D eigenvalue weighted by molar-refractivity contribution is 6.31. The number of nitrogens with one attached hydrogen (secondary N) is 2. The number of H-pyrrole nitrogens is 1. The van der Waals surface area contributed by atoms with Crippen molar-refractivity contribution in [3.05, 3.63) is 101 Å². The van der Waals surface area contributed by atoms with Crippen LogP contribution in [0.25, 0.3) is 33.1 Å². The van der Waals surface area contributed by atoms with Gasteiger partial charge in [-0.1, -0.05) is 71.8 Å². The van der Waals surface area contributed by atoms with Gasteiger partial charge in [0.25, 0.3) is 5.91 Å². The molecule has 2 aromatic heterocycles. The van der Waals surface area contributed by atoms with Gasteiger partial charge in [0.05, 0.1) is 11.2 Å². The first-order chi connectivity index (χ1) is 15.1. The zero-order valence-electron chi connectivity index (χ0n) is 16.9. The molecule has 4 nitrogen and oxygen atoms in total. The molecular formula is C26H20ClN3O. The minimum absolute atomic E-state index is 0.212. The molecule has 0 radical (unpaired) electrons. The van der Waals surface area contributed by atoms with E-state index in [9.17, 15) is 4.79 Å². The predicted molar refractivity (Wildman–Crippen MR) is 126 cm³/mol. The van der Waals surface area contributed by atoms with E-state index in [1.54, 1.807) is 0 Å². The Hall–Kier alpha value is -3.63. The number of rotatable bonds is 4. The lowest BCUT2D eigenvalue weighted by molar-refractivity contribution is 0.0946. The van der Waals surface area contributed by atoms with Crippen LogP contribution in [0, 0.1) is 6.92 Å². The molecule has 0 atom stereocenters. The van der Waals surface area contributed by atoms with E-state index in [0.29, 0.717) is 23.0 Å². The van der Waals surface area contributed by atoms with Gasteiger partial charge in [-0.2, -0.15) is 0 Å². The molecule has 0 bridgehead atoms. The Labute approximate surface area is 184 Å². The molecule has 5 heteroatoms. The van der Waals surface area contributed by atoms with Crippen molar-refractivity contribution in [1.29, 1.82) is 0 Å². The summed E-state index contributed by atoms with van der Waals surface area (Å²) in [6, 6.07) is 25.5. The molecule has 0 saturated heterocycles. The quantitative estimate of drug-likeness (QED) is 0.356. The summed E-state index contributed by atoms with van der Waals surface area (Å²) in [5.74, 6) is -0.212. The number of carbonyl (C=O) groups excluding carboxylic acids is 1. The number of amides is 1. The van der Waals surface area contributed by atoms with Crippen LogP contribution >= 0.6 is 11.6 Å². The summed E-state index contributed by atoms with van der Waals surface area (Å²) < 4.78 is 0. The van der Waals surface area contributed by atoms with E-state index in [2.05, 4.69) is 10.3 Å². The van der Waals surface area contributed by atoms with Gasteiger partial charge in [-0.3, -0.25) is 4.79 Å². The smallest absolute Gasteiger partial charge is 0.270 e. The number of hydrogen-bond acceptors (Lipinski definition) is 2. The van der Waals surface area contributed by atoms with Crippen LogP contribution in [-0.4, -0.2) is 15.9 Å². The van der Waals surface area contributed by atoms with Gasteiger partial charge in [0, 0.05) is 33.4 Å². The third kappa shape index (κ3) is 3.78. The normalized spacial score (nSPS) is 11.2. The summed E-state index contributed by atoms with van der Waals surface area (Å²) in [5, 5.41) is 5.63. The lowest BCUT2D eigenvalue weighted by Crippen LogP contribution is -2.24. The largest absolute Gasteiger partial charge is 0.353 e. The maximum atomic E-state index is 13.0. The molecule has 5 rings (SSSR count). The number of aromatic nitrogens is 2. The minimum Gasteiger partial charge on any atom is -0.353 e. The average Bonchev–Trinajstić information content (AvgIpc) is 3.16. The molecule has 0 aliphatic heterocycles. The van der Waals surface area contributed by atoms with Gasteiger partial charge < -0.3 is 10.3 Å². The fourth-order valence-corrected chi connectivity index (χ4v) is 3.98. The number of fused-ring (bicyclic) bond motifs is 3. The Bertz CT molecular complexity index is 1420. The van der Waals surface area contributed by atoms with E-state index >= 15 is 0 Å². The second-order valence-corrected chi connectivity index (χ2v) is 8.06. The van der Waals surface area contributed by atoms with Gasteiger partial charge in [-0.15, -0.1) is 0 Å². The van der Waals surface area contributed by atoms with Crippen LogP contribution < -0.4 is 5.32 Å². The molecule has 0 spiro atoms. The summed E-state index contributed by atoms with van der Waals surface area (Å²) in [4.78, 5) is 21.2. The maximum Gasteiger partial charge on any atom is 0.270 e. The summed E-state index contributed by atoms with van der Waals surface area (Å²) in [7, 11) is 0. The highest BCUT2D eigenvalue weighted by Crippen LogP contribution is 2.33. The molecule has 31 heavy (non-hydrogen) atoms. The molecule has 0 unspecified atom stereocenters. The Kier molecular flexibility index (Phi) is 4.92. The highest BCUT2D eigenvalue weighted by atomic mass is 35.5. The van der Waals surface area contributed by atoms with Gasteiger partial charge in [0.15, 0.2) is 0 Å². The first-order valence-corrected chi connectivity index (χ1v) is 10.5. The fraction of sp³-hybridized carbons (Fsp3) is 0.0769. The third-order valence-electron chi connectivity index (χ3n) is 5.40. The van der Waals surface area contributed by atoms with Crippen LogP contribution in [0.1, 0.15) is 21.6 Å². The van der Waals surface area contributed by atoms with Gasteiger partial charge in [0.1, 0.15) is 5.69 Å². The molecule has 3 aromatic carbocycles. The second kappa shape index (κ2) is 7.89. The molecule has 2 heterocycles. The number of benzene rings is 3. The van der Waals surface area contributed by atoms with Crippen LogP contribution in [0.2, 0.25) is 5.02 Å². The van der Waals surface area contributed by atoms with Crippen molar-refractivity contribution in [3.8, 4) is 11.3 Å². The number of para-hydroxylation sites is 1. The lowest BCUT2D eigenvalue weighted by atomic mass is 10.1. The monoisotopic (exact) mass is 425 g/mol. The molecule has 152 valence electrons. The van der Waals surface area contributed by atoms with Crippen molar-refractivity contribution in [2.24, 2.45) is 0 Å². The molecule has 0 saturated carbocycles. The SMILES string of the molecule is Cc1ccc(CNC(=O)c2cc3c([nH]c4ccccc43)c(-c3cccc(Cl)c3)n2)cc1. The fourth-order valence-electron chi connectivity index (χ4n) is 3.79. The average molecular weight is 426 g/mol. The Morgan fingerprint density at radius 2 is 1.77 bits per heavy atom. The van der Waals surface area contributed by atoms with E-state index in [-0.39, 0.29) is 5.91 Å². The van der Waals surface area contributed by atoms with Crippen molar-refractivity contribution in [2.75, 3.05) is 0 Å². The first-order valence-electron chi connectivity index (χ1n) is 10.1. The van der Waals surface area contributed by atoms with E-state index in [0.717, 1.165) is 32.9 Å². The lowest BCUT2D eigenvalue weighted by Gasteiger charge is -2.09. The Balaban J connectivity index is 1.60. The zero-order valence-corrected chi connectivity index (χ0v) is 17.7. The van der Waals surface area contributed by atoms with Crippen LogP contribution in [0.3, 0.4) is 0 Å². The standard InChI is InChI=1S/C26H20ClN3O/c1-16-9-11-17(12-10-16)15-28-26(31)23-14-21-20-7-2-3-8-22(20)29-25(21)24(30-23)18-5-4-6-19(27)13-18/h2-14,29H,15H2,1H3,(H,28,31). The summed E-state index contributed by atoms with van der Waals surface area (Å²) >= 11 is 6.24. The van der Waals surface area contributed by atoms with Crippen LogP contribution in [0.15, 0.2) is 78.9 Å². The molecule has 5 aromatic rings. The zero-order chi connectivity index (χ0) is 21.4. The maximum absolute atomic E-state index is 13.0. The number of carbonyl (C=O) groups is 1. The number of aromatic amines is 1. The third-order valence-corrected chi connectivity index (χ3v) is 5.64. The number of hydrogen-bond donors (Lipinski definition) is 2. The number of aryl methyl sites for hydroxylation is 1. The number of halogens is 1. The highest BCUT2D eigenvalue weighted by Gasteiger charge is 2.17. The Morgan fingerprint density at radius 3 is 2.58 bits per heavy atom. The van der Waals surface area contributed by atoms with Gasteiger partial charge >= 0.3 is 0 Å². The van der Waals surface area contributed by atoms with E-state index < -0.39 is 0 Å². The van der Waals surface area contributed by atoms with E-state index in [1.807, 2.05) is 85.8 Å². The Morgan fingerprint density at radius 1 is 0.968 bits per heavy atom. The first kappa shape index (κ1) is 19.3. The molecule has 0 aliphatic carbocycles.